The number of rotatable bonds is 12. The van der Waals surface area contributed by atoms with Crippen LogP contribution in [0.25, 0.3) is 22.2 Å². The molecule has 1 aromatic heterocycles. The highest BCUT2D eigenvalue weighted by Gasteiger charge is 2.41. The van der Waals surface area contributed by atoms with Gasteiger partial charge < -0.3 is 50.1 Å². The number of anilines is 2. The minimum Gasteiger partial charge on any atom is -0.465 e. The van der Waals surface area contributed by atoms with Crippen LogP contribution in [0.3, 0.4) is 0 Å². The van der Waals surface area contributed by atoms with E-state index in [0.717, 1.165) is 27.7 Å². The van der Waals surface area contributed by atoms with Crippen molar-refractivity contribution >= 4 is 52.2 Å². The minimum absolute atomic E-state index is 0.128. The molecule has 2 fully saturated rings. The summed E-state index contributed by atoms with van der Waals surface area (Å²) in [6.45, 7) is 8.31. The molecule has 3 aliphatic heterocycles. The highest BCUT2D eigenvalue weighted by Crippen LogP contribution is 2.45. The Morgan fingerprint density at radius 1 is 0.754 bits per heavy atom. The topological polar surface area (TPSA) is 193 Å². The number of carbonyl (C=O) groups excluding carboxylic acids is 5. The van der Waals surface area contributed by atoms with Gasteiger partial charge in [-0.25, -0.2) is 9.59 Å². The van der Waals surface area contributed by atoms with Crippen molar-refractivity contribution in [3.05, 3.63) is 78.4 Å². The van der Waals surface area contributed by atoms with Gasteiger partial charge in [0, 0.05) is 47.0 Å². The van der Waals surface area contributed by atoms with Crippen LogP contribution in [0, 0.1) is 11.8 Å². The van der Waals surface area contributed by atoms with E-state index >= 15 is 0 Å². The number of ether oxygens (including phenoxy) is 3. The first kappa shape index (κ1) is 43.0. The van der Waals surface area contributed by atoms with Crippen molar-refractivity contribution in [3.8, 4) is 17.0 Å². The molecule has 3 aliphatic rings. The van der Waals surface area contributed by atoms with Crippen molar-refractivity contribution in [1.82, 2.24) is 25.0 Å². The van der Waals surface area contributed by atoms with Crippen molar-refractivity contribution in [2.24, 2.45) is 11.8 Å². The maximum absolute atomic E-state index is 13.8. The average molecular weight is 838 g/mol. The molecule has 16 heteroatoms. The summed E-state index contributed by atoms with van der Waals surface area (Å²) in [5, 5.41) is 23.6. The monoisotopic (exact) mass is 837 g/mol. The normalized spacial score (nSPS) is 20.0. The fourth-order valence-corrected chi connectivity index (χ4v) is 8.70. The van der Waals surface area contributed by atoms with Gasteiger partial charge in [-0.15, -0.1) is 0 Å². The lowest BCUT2D eigenvalue weighted by molar-refractivity contribution is -0.139. The number of nitrogens with one attached hydrogen (secondary N) is 4. The largest absolute Gasteiger partial charge is 0.465 e. The van der Waals surface area contributed by atoms with Gasteiger partial charge in [0.25, 0.3) is 0 Å². The van der Waals surface area contributed by atoms with Crippen molar-refractivity contribution < 1.29 is 43.3 Å². The van der Waals surface area contributed by atoms with Crippen LogP contribution in [0.5, 0.6) is 5.75 Å². The number of hydrogen-bond acceptors (Lipinski definition) is 10. The first-order valence-corrected chi connectivity index (χ1v) is 20.9. The number of aromatic nitrogens is 1. The Bertz CT molecular complexity index is 2280. The quantitative estimate of drug-likeness (QED) is 0.119. The molecule has 4 heterocycles. The number of aliphatic hydroxyl groups is 1. The van der Waals surface area contributed by atoms with E-state index in [9.17, 15) is 29.1 Å². The van der Waals surface area contributed by atoms with Crippen LogP contribution in [0.1, 0.15) is 65.2 Å². The predicted molar refractivity (Wildman–Crippen MR) is 229 cm³/mol. The van der Waals surface area contributed by atoms with Crippen molar-refractivity contribution in [2.75, 3.05) is 37.9 Å². The van der Waals surface area contributed by atoms with Gasteiger partial charge in [-0.05, 0) is 73.9 Å². The molecule has 61 heavy (non-hydrogen) atoms. The Kier molecular flexibility index (Phi) is 12.8. The Hall–Kier alpha value is -6.13. The maximum Gasteiger partial charge on any atom is 0.407 e. The lowest BCUT2D eigenvalue weighted by atomic mass is 10.0. The molecule has 6 atom stereocenters. The van der Waals surface area contributed by atoms with Gasteiger partial charge in [0.05, 0.1) is 37.5 Å². The number of alkyl carbamates (subject to hydrolysis) is 2. The highest BCUT2D eigenvalue weighted by molar-refractivity contribution is 6.01. The van der Waals surface area contributed by atoms with Gasteiger partial charge in [-0.1, -0.05) is 58.0 Å². The first-order valence-electron chi connectivity index (χ1n) is 20.9. The summed E-state index contributed by atoms with van der Waals surface area (Å²) in [6, 6.07) is 20.2. The second kappa shape index (κ2) is 18.2. The van der Waals surface area contributed by atoms with Gasteiger partial charge in [-0.3, -0.25) is 19.3 Å². The minimum atomic E-state index is -1.10. The van der Waals surface area contributed by atoms with Crippen molar-refractivity contribution in [1.29, 1.82) is 0 Å². The second-order valence-electron chi connectivity index (χ2n) is 16.5. The Balaban J connectivity index is 1.13. The van der Waals surface area contributed by atoms with Crippen LogP contribution >= 0.6 is 0 Å². The van der Waals surface area contributed by atoms with Gasteiger partial charge in [0.2, 0.25) is 23.9 Å². The summed E-state index contributed by atoms with van der Waals surface area (Å²) in [4.78, 5) is 68.6. The molecular weight excluding hydrogens is 783 g/mol. The number of fused-ring (bicyclic) bond motifs is 5. The number of aliphatic hydroxyl groups excluding tert-OH is 1. The molecule has 7 rings (SSSR count). The third-order valence-corrected chi connectivity index (χ3v) is 11.9. The number of methoxy groups -OCH3 is 2. The number of carbonyl (C=O) groups is 5. The van der Waals surface area contributed by atoms with Crippen LogP contribution in [-0.4, -0.2) is 107 Å². The molecule has 2 saturated heterocycles. The van der Waals surface area contributed by atoms with Crippen LogP contribution in [0.15, 0.2) is 72.8 Å². The van der Waals surface area contributed by atoms with Crippen LogP contribution in [0.2, 0.25) is 0 Å². The zero-order valence-corrected chi connectivity index (χ0v) is 35.3. The molecule has 16 nitrogen and oxygen atoms in total. The average Bonchev–Trinajstić information content (AvgIpc) is 4.03. The van der Waals surface area contributed by atoms with Crippen LogP contribution < -0.4 is 26.0 Å². The van der Waals surface area contributed by atoms with Crippen LogP contribution in [0.4, 0.5) is 21.0 Å². The number of nitrogens with zero attached hydrogens (tertiary/aromatic N) is 3. The van der Waals surface area contributed by atoms with Crippen LogP contribution in [-0.2, 0) is 23.9 Å². The lowest BCUT2D eigenvalue weighted by Crippen LogP contribution is -2.57. The summed E-state index contributed by atoms with van der Waals surface area (Å²) in [6.07, 6.45) is -0.637. The van der Waals surface area contributed by atoms with Gasteiger partial charge in [-0.2, -0.15) is 0 Å². The van der Waals surface area contributed by atoms with E-state index in [4.69, 9.17) is 14.2 Å². The smallest absolute Gasteiger partial charge is 0.407 e. The van der Waals surface area contributed by atoms with Gasteiger partial charge >= 0.3 is 12.2 Å². The van der Waals surface area contributed by atoms with E-state index in [0.29, 0.717) is 55.9 Å². The van der Waals surface area contributed by atoms with E-state index in [-0.39, 0.29) is 29.6 Å². The molecule has 5 N–H and O–H groups in total. The molecule has 4 aromatic rings. The third kappa shape index (κ3) is 8.86. The zero-order chi connectivity index (χ0) is 43.5. The van der Waals surface area contributed by atoms with Gasteiger partial charge in [0.15, 0.2) is 0 Å². The Labute approximate surface area is 354 Å². The van der Waals surface area contributed by atoms with E-state index < -0.39 is 48.8 Å². The van der Waals surface area contributed by atoms with E-state index in [1.54, 1.807) is 15.9 Å². The third-order valence-electron chi connectivity index (χ3n) is 11.9. The maximum atomic E-state index is 13.8. The summed E-state index contributed by atoms with van der Waals surface area (Å²) >= 11 is 0. The number of likely N-dealkylation sites (tertiary alicyclic amines) is 2. The highest BCUT2D eigenvalue weighted by atomic mass is 16.5. The van der Waals surface area contributed by atoms with E-state index in [2.05, 4.69) is 25.8 Å². The number of amides is 5. The molecule has 0 spiro atoms. The molecule has 0 radical (unpaired) electrons. The van der Waals surface area contributed by atoms with E-state index in [1.165, 1.54) is 14.2 Å². The molecule has 0 saturated carbocycles. The zero-order valence-electron chi connectivity index (χ0n) is 35.3. The van der Waals surface area contributed by atoms with Crippen molar-refractivity contribution in [3.63, 3.8) is 0 Å². The summed E-state index contributed by atoms with van der Waals surface area (Å²) in [7, 11) is 2.51. The van der Waals surface area contributed by atoms with E-state index in [1.807, 2.05) is 94.4 Å². The fourth-order valence-electron chi connectivity index (χ4n) is 8.70. The standard InChI is InChI=1S/C45H55N7O9/c1-25(2)37(48-44(57)59-5)41(55)50-20-10-14-33(50)39(53)46-29-17-19-32-28(22-29)23-35-31-18-16-30(24-36(31)61-43(52(32)35)27-12-8-7-9-13-27)47-40(54)34-15-11-21-51(34)42(56)38(26(3)4)49-45(58)60-6/h7-9,12-13,16-19,22-26,33-34,37-38,42-43,56H,10-11,14-15,20-21H2,1-6H3,(H,46,53)(H,47,54)(H,48,57)(H,49,58)/t33-,34-,37-,38-,42?,43-/m0/s1. The SMILES string of the molecule is COC(=O)N[C@@H](C(C)C)C(O)N1CCC[C@H]1C(=O)Nc1ccc2c(c1)O[C@@H](c1ccccc1)n1c-2cc2cc(NC(=O)[C@@H]3CCCN3C(=O)[C@@H](NC(=O)OC)C(C)C)ccc21. The molecule has 5 amide bonds. The number of benzene rings is 3. The Morgan fingerprint density at radius 3 is 2.08 bits per heavy atom. The predicted octanol–water partition coefficient (Wildman–Crippen LogP) is 5.66. The van der Waals surface area contributed by atoms with Gasteiger partial charge in [0.1, 0.15) is 24.1 Å². The summed E-state index contributed by atoms with van der Waals surface area (Å²) in [5.41, 5.74) is 4.55. The second-order valence-corrected chi connectivity index (χ2v) is 16.5. The molecule has 1 unspecified atom stereocenters. The molecular formula is C45H55N7O9. The lowest BCUT2D eigenvalue weighted by Gasteiger charge is -2.36. The number of hydrogen-bond donors (Lipinski definition) is 5. The first-order chi connectivity index (χ1) is 29.3. The molecule has 3 aromatic carbocycles. The molecule has 0 aliphatic carbocycles. The Morgan fingerprint density at radius 2 is 1.39 bits per heavy atom. The molecule has 0 bridgehead atoms. The molecule has 324 valence electrons. The fraction of sp³-hybridized carbons (Fsp3) is 0.444. The summed E-state index contributed by atoms with van der Waals surface area (Å²) < 4.78 is 18.4. The van der Waals surface area contributed by atoms with Crippen molar-refractivity contribution in [2.45, 2.75) is 90.0 Å². The summed E-state index contributed by atoms with van der Waals surface area (Å²) in [5.74, 6) is -0.702.